The Balaban J connectivity index is 0.000000142. The molecule has 3 aliphatic heterocycles. The first-order chi connectivity index (χ1) is 21.5. The standard InChI is InChI=1S/C19H23NO3.C17H19NO3/c1-2-21-16-10-6-7-11-17(16)23-19(15-8-4-3-5-9-15)18-14-20-12-13-22-18;1-18-7-6-17-10-3-5-13(20)16(17)21-15-12(19)4-2-9(14(15)17)8-11(10)18/h3-11,18-20H,2,12-14H2,1H3;2-5,10-11,13,16,19-20H,6-8H2,1H3/t18-,19-;10-,11+,13-,16-,17-/m10/s1. The van der Waals surface area contributed by atoms with Gasteiger partial charge in [-0.2, -0.15) is 0 Å². The second-order valence-electron chi connectivity index (χ2n) is 12.4. The molecule has 2 saturated heterocycles. The summed E-state index contributed by atoms with van der Waals surface area (Å²) in [5.41, 5.74) is 3.39. The van der Waals surface area contributed by atoms with Gasteiger partial charge in [-0.1, -0.05) is 60.7 Å². The van der Waals surface area contributed by atoms with Crippen LogP contribution in [0.4, 0.5) is 0 Å². The van der Waals surface area contributed by atoms with Crippen molar-refractivity contribution in [2.24, 2.45) is 5.92 Å². The van der Waals surface area contributed by atoms with Crippen molar-refractivity contribution in [3.8, 4) is 23.0 Å². The van der Waals surface area contributed by atoms with Crippen molar-refractivity contribution in [1.29, 1.82) is 0 Å². The third-order valence-corrected chi connectivity index (χ3v) is 9.97. The summed E-state index contributed by atoms with van der Waals surface area (Å²) in [6.07, 6.45) is 4.98. The molecule has 44 heavy (non-hydrogen) atoms. The number of hydrogen-bond acceptors (Lipinski definition) is 8. The van der Waals surface area contributed by atoms with Gasteiger partial charge in [-0.3, -0.25) is 0 Å². The molecule has 1 spiro atoms. The first-order valence-electron chi connectivity index (χ1n) is 15.9. The Morgan fingerprint density at radius 2 is 1.84 bits per heavy atom. The lowest BCUT2D eigenvalue weighted by atomic mass is 9.53. The van der Waals surface area contributed by atoms with Crippen molar-refractivity contribution in [2.45, 2.75) is 55.6 Å². The summed E-state index contributed by atoms with van der Waals surface area (Å²) >= 11 is 0. The Bertz CT molecular complexity index is 1490. The van der Waals surface area contributed by atoms with Crippen LogP contribution in [0.1, 0.15) is 36.1 Å². The summed E-state index contributed by atoms with van der Waals surface area (Å²) < 4.78 is 24.0. The third-order valence-electron chi connectivity index (χ3n) is 9.97. The molecule has 5 aliphatic rings. The molecule has 0 amide bonds. The first-order valence-corrected chi connectivity index (χ1v) is 15.9. The minimum Gasteiger partial charge on any atom is -0.504 e. The number of phenolic OH excluding ortho intramolecular Hbond substituents is 1. The molecule has 0 aromatic heterocycles. The highest BCUT2D eigenvalue weighted by molar-refractivity contribution is 5.61. The van der Waals surface area contributed by atoms with Crippen LogP contribution in [-0.2, 0) is 16.6 Å². The minimum absolute atomic E-state index is 0.0270. The number of para-hydroxylation sites is 2. The van der Waals surface area contributed by atoms with E-state index in [4.69, 9.17) is 18.9 Å². The maximum absolute atomic E-state index is 10.4. The van der Waals surface area contributed by atoms with Crippen LogP contribution in [0.3, 0.4) is 0 Å². The van der Waals surface area contributed by atoms with Gasteiger partial charge in [0.1, 0.15) is 18.3 Å². The lowest BCUT2D eigenvalue weighted by Crippen LogP contribution is -2.64. The van der Waals surface area contributed by atoms with Crippen LogP contribution in [-0.4, -0.2) is 79.4 Å². The average Bonchev–Trinajstić information content (AvgIpc) is 3.42. The summed E-state index contributed by atoms with van der Waals surface area (Å²) in [6, 6.07) is 22.2. The Kier molecular flexibility index (Phi) is 8.01. The van der Waals surface area contributed by atoms with E-state index in [1.807, 2.05) is 61.5 Å². The number of nitrogens with zero attached hydrogens (tertiary/aromatic N) is 1. The van der Waals surface area contributed by atoms with Gasteiger partial charge in [-0.25, -0.2) is 0 Å². The number of phenols is 1. The summed E-state index contributed by atoms with van der Waals surface area (Å²) in [4.78, 5) is 2.43. The highest BCUT2D eigenvalue weighted by Gasteiger charge is 2.64. The molecule has 0 unspecified atom stereocenters. The minimum atomic E-state index is -0.594. The predicted octanol–water partition coefficient (Wildman–Crippen LogP) is 4.39. The highest BCUT2D eigenvalue weighted by Crippen LogP contribution is 2.62. The fraction of sp³-hybridized carbons (Fsp3) is 0.444. The summed E-state index contributed by atoms with van der Waals surface area (Å²) in [5.74, 6) is 2.70. The van der Waals surface area contributed by atoms with Crippen molar-refractivity contribution in [3.05, 3.63) is 95.6 Å². The van der Waals surface area contributed by atoms with Crippen LogP contribution >= 0.6 is 0 Å². The molecule has 0 saturated carbocycles. The lowest BCUT2D eigenvalue weighted by molar-refractivity contribution is -0.0453. The number of hydrogen-bond donors (Lipinski definition) is 3. The van der Waals surface area contributed by atoms with Gasteiger partial charge in [-0.05, 0) is 62.7 Å². The molecule has 8 rings (SSSR count). The molecule has 3 aromatic rings. The van der Waals surface area contributed by atoms with Gasteiger partial charge >= 0.3 is 0 Å². The molecular formula is C36H42N2O6. The zero-order valence-electron chi connectivity index (χ0n) is 25.4. The normalized spacial score (nSPS) is 30.3. The smallest absolute Gasteiger partial charge is 0.165 e. The number of likely N-dealkylation sites (N-methyl/N-ethyl adjacent to an activating group) is 1. The lowest BCUT2D eigenvalue weighted by Gasteiger charge is -2.56. The Morgan fingerprint density at radius 1 is 1.05 bits per heavy atom. The first kappa shape index (κ1) is 29.2. The number of aromatic hydroxyl groups is 1. The van der Waals surface area contributed by atoms with Gasteiger partial charge in [0.15, 0.2) is 29.1 Å². The van der Waals surface area contributed by atoms with Crippen LogP contribution < -0.4 is 19.5 Å². The van der Waals surface area contributed by atoms with E-state index in [1.54, 1.807) is 6.07 Å². The Morgan fingerprint density at radius 3 is 2.61 bits per heavy atom. The van der Waals surface area contributed by atoms with Crippen LogP contribution in [0.25, 0.3) is 0 Å². The second-order valence-corrected chi connectivity index (χ2v) is 12.4. The maximum Gasteiger partial charge on any atom is 0.165 e. The quantitative estimate of drug-likeness (QED) is 0.360. The topological polar surface area (TPSA) is 92.7 Å². The van der Waals surface area contributed by atoms with Gasteiger partial charge in [-0.15, -0.1) is 0 Å². The monoisotopic (exact) mass is 598 g/mol. The summed E-state index contributed by atoms with van der Waals surface area (Å²) in [7, 11) is 2.19. The van der Waals surface area contributed by atoms with Crippen molar-refractivity contribution < 1.29 is 29.2 Å². The molecule has 3 heterocycles. The Labute approximate surface area is 259 Å². The fourth-order valence-corrected chi connectivity index (χ4v) is 7.98. The number of rotatable bonds is 6. The molecule has 8 heteroatoms. The molecule has 2 bridgehead atoms. The number of morpholine rings is 1. The van der Waals surface area contributed by atoms with Crippen molar-refractivity contribution in [1.82, 2.24) is 10.2 Å². The SMILES string of the molecule is CCOc1ccccc1O[C@H](c1ccccc1)[C@H]1CNCCO1.CN1CC[C@]23c4c5ccc(O)c4O[C@H]2[C@@H](O)C=C[C@H]3[C@H]1C5. The third kappa shape index (κ3) is 4.94. The fourth-order valence-electron chi connectivity index (χ4n) is 7.98. The molecule has 0 radical (unpaired) electrons. The van der Waals surface area contributed by atoms with Gasteiger partial charge < -0.3 is 39.4 Å². The number of likely N-dealkylation sites (tertiary alicyclic amines) is 1. The van der Waals surface area contributed by atoms with Gasteiger partial charge in [0.25, 0.3) is 0 Å². The van der Waals surface area contributed by atoms with Crippen LogP contribution in [0.5, 0.6) is 23.0 Å². The molecule has 8 nitrogen and oxygen atoms in total. The summed E-state index contributed by atoms with van der Waals surface area (Å²) in [6.45, 7) is 5.95. The molecular weight excluding hydrogens is 556 g/mol. The maximum atomic E-state index is 10.4. The van der Waals surface area contributed by atoms with Crippen molar-refractivity contribution in [3.63, 3.8) is 0 Å². The van der Waals surface area contributed by atoms with E-state index in [2.05, 4.69) is 35.5 Å². The van der Waals surface area contributed by atoms with Gasteiger partial charge in [0, 0.05) is 36.0 Å². The zero-order chi connectivity index (χ0) is 30.3. The van der Waals surface area contributed by atoms with Crippen LogP contribution in [0, 0.1) is 5.92 Å². The number of ether oxygens (including phenoxy) is 4. The zero-order valence-corrected chi connectivity index (χ0v) is 25.4. The van der Waals surface area contributed by atoms with E-state index in [9.17, 15) is 10.2 Å². The number of aliphatic hydroxyl groups excluding tert-OH is 1. The van der Waals surface area contributed by atoms with E-state index in [0.29, 0.717) is 30.9 Å². The van der Waals surface area contributed by atoms with Gasteiger partial charge in [0.2, 0.25) is 0 Å². The molecule has 232 valence electrons. The molecule has 7 atom stereocenters. The van der Waals surface area contributed by atoms with Crippen LogP contribution in [0.15, 0.2) is 78.9 Å². The molecule has 3 aromatic carbocycles. The number of benzene rings is 3. The highest BCUT2D eigenvalue weighted by atomic mass is 16.6. The van der Waals surface area contributed by atoms with Gasteiger partial charge in [0.05, 0.1) is 13.2 Å². The Hall–Kier alpha value is -3.56. The number of piperidine rings is 1. The van der Waals surface area contributed by atoms with E-state index in [0.717, 1.165) is 49.5 Å². The van der Waals surface area contributed by atoms with Crippen molar-refractivity contribution in [2.75, 3.05) is 39.9 Å². The molecule has 2 fully saturated rings. The van der Waals surface area contributed by atoms with E-state index in [1.165, 1.54) is 11.1 Å². The molecule has 3 N–H and O–H groups in total. The molecule has 2 aliphatic carbocycles. The predicted molar refractivity (Wildman–Crippen MR) is 168 cm³/mol. The largest absolute Gasteiger partial charge is 0.504 e. The number of aliphatic hydroxyl groups is 1. The van der Waals surface area contributed by atoms with Crippen molar-refractivity contribution >= 4 is 0 Å². The second kappa shape index (κ2) is 12.1. The average molecular weight is 599 g/mol. The van der Waals surface area contributed by atoms with Crippen LogP contribution in [0.2, 0.25) is 0 Å². The van der Waals surface area contributed by atoms with E-state index in [-0.39, 0.29) is 29.5 Å². The summed E-state index contributed by atoms with van der Waals surface area (Å²) in [5, 5.41) is 24.0. The number of nitrogens with one attached hydrogen (secondary N) is 1. The van der Waals surface area contributed by atoms with E-state index >= 15 is 0 Å². The van der Waals surface area contributed by atoms with E-state index < -0.39 is 6.10 Å².